The number of carbonyl (C=O) groups is 3. The van der Waals surface area contributed by atoms with Crippen LogP contribution < -0.4 is 15.2 Å². The number of benzene rings is 2. The fourth-order valence-corrected chi connectivity index (χ4v) is 4.11. The van der Waals surface area contributed by atoms with Crippen molar-refractivity contribution in [3.05, 3.63) is 64.6 Å². The SMILES string of the molecule is CCOc1ccc(/C=C2/SC(=S)N(CCC(=O)Nc3ccc(C(=O)[O-])cc3)C2=O)cc1. The van der Waals surface area contributed by atoms with E-state index >= 15 is 0 Å². The Kier molecular flexibility index (Phi) is 7.43. The zero-order chi connectivity index (χ0) is 22.4. The number of amides is 2. The van der Waals surface area contributed by atoms with Crippen LogP contribution in [0.25, 0.3) is 6.08 Å². The summed E-state index contributed by atoms with van der Waals surface area (Å²) in [4.78, 5) is 37.6. The maximum Gasteiger partial charge on any atom is 0.266 e. The van der Waals surface area contributed by atoms with E-state index in [1.165, 1.54) is 40.9 Å². The zero-order valence-electron chi connectivity index (χ0n) is 16.6. The molecule has 160 valence electrons. The first-order chi connectivity index (χ1) is 14.9. The summed E-state index contributed by atoms with van der Waals surface area (Å²) in [7, 11) is 0. The van der Waals surface area contributed by atoms with Gasteiger partial charge in [0.2, 0.25) is 5.91 Å². The van der Waals surface area contributed by atoms with Crippen LogP contribution in [0.1, 0.15) is 29.3 Å². The van der Waals surface area contributed by atoms with Crippen molar-refractivity contribution in [3.63, 3.8) is 0 Å². The van der Waals surface area contributed by atoms with Crippen LogP contribution in [-0.2, 0) is 9.59 Å². The molecule has 1 N–H and O–H groups in total. The van der Waals surface area contributed by atoms with E-state index in [0.717, 1.165) is 11.3 Å². The number of anilines is 1. The fraction of sp³-hybridized carbons (Fsp3) is 0.182. The molecule has 1 aliphatic rings. The van der Waals surface area contributed by atoms with E-state index < -0.39 is 5.97 Å². The third kappa shape index (κ3) is 5.93. The monoisotopic (exact) mass is 455 g/mol. The van der Waals surface area contributed by atoms with Gasteiger partial charge in [-0.2, -0.15) is 0 Å². The van der Waals surface area contributed by atoms with Crippen LogP contribution in [0.3, 0.4) is 0 Å². The first-order valence-corrected chi connectivity index (χ1v) is 10.7. The molecule has 1 heterocycles. The fourth-order valence-electron chi connectivity index (χ4n) is 2.80. The Balaban J connectivity index is 1.57. The maximum absolute atomic E-state index is 12.7. The number of thioether (sulfide) groups is 1. The molecule has 2 aromatic rings. The Morgan fingerprint density at radius 1 is 1.16 bits per heavy atom. The predicted molar refractivity (Wildman–Crippen MR) is 122 cm³/mol. The number of nitrogens with one attached hydrogen (secondary N) is 1. The van der Waals surface area contributed by atoms with Crippen molar-refractivity contribution in [1.29, 1.82) is 0 Å². The number of ether oxygens (including phenoxy) is 1. The summed E-state index contributed by atoms with van der Waals surface area (Å²) in [6.45, 7) is 2.64. The number of aromatic carboxylic acids is 1. The number of carbonyl (C=O) groups excluding carboxylic acids is 3. The molecule has 0 aliphatic carbocycles. The van der Waals surface area contributed by atoms with E-state index in [9.17, 15) is 19.5 Å². The molecule has 0 bridgehead atoms. The Hall–Kier alpha value is -3.17. The number of hydrogen-bond acceptors (Lipinski definition) is 7. The minimum Gasteiger partial charge on any atom is -0.545 e. The first-order valence-electron chi connectivity index (χ1n) is 9.47. The van der Waals surface area contributed by atoms with E-state index in [2.05, 4.69) is 5.32 Å². The Bertz CT molecular complexity index is 1030. The molecule has 2 amide bonds. The molecule has 9 heteroatoms. The third-order valence-corrected chi connectivity index (χ3v) is 5.71. The van der Waals surface area contributed by atoms with Crippen LogP contribution in [0.4, 0.5) is 5.69 Å². The van der Waals surface area contributed by atoms with E-state index in [-0.39, 0.29) is 30.3 Å². The molecule has 0 unspecified atom stereocenters. The molecule has 0 saturated carbocycles. The van der Waals surface area contributed by atoms with Gasteiger partial charge in [0.15, 0.2) is 0 Å². The van der Waals surface area contributed by atoms with Crippen LogP contribution in [0, 0.1) is 0 Å². The van der Waals surface area contributed by atoms with E-state index in [4.69, 9.17) is 17.0 Å². The molecular formula is C22H19N2O5S2-. The smallest absolute Gasteiger partial charge is 0.266 e. The van der Waals surface area contributed by atoms with E-state index in [0.29, 0.717) is 21.5 Å². The summed E-state index contributed by atoms with van der Waals surface area (Å²) < 4.78 is 5.81. The van der Waals surface area contributed by atoms with E-state index in [1.807, 2.05) is 31.2 Å². The minimum atomic E-state index is -1.29. The summed E-state index contributed by atoms with van der Waals surface area (Å²) in [6, 6.07) is 13.0. The second kappa shape index (κ2) is 10.2. The van der Waals surface area contributed by atoms with Gasteiger partial charge in [0.05, 0.1) is 17.5 Å². The quantitative estimate of drug-likeness (QED) is 0.483. The van der Waals surface area contributed by atoms with Crippen molar-refractivity contribution in [2.75, 3.05) is 18.5 Å². The molecule has 1 aliphatic heterocycles. The molecule has 1 saturated heterocycles. The number of hydrogen-bond donors (Lipinski definition) is 1. The van der Waals surface area contributed by atoms with Crippen molar-refractivity contribution < 1.29 is 24.2 Å². The number of thiocarbonyl (C=S) groups is 1. The predicted octanol–water partition coefficient (Wildman–Crippen LogP) is 2.68. The zero-order valence-corrected chi connectivity index (χ0v) is 18.3. The van der Waals surface area contributed by atoms with Gasteiger partial charge in [0, 0.05) is 18.7 Å². The molecule has 0 spiro atoms. The normalized spacial score (nSPS) is 14.7. The average molecular weight is 456 g/mol. The topological polar surface area (TPSA) is 98.8 Å². The van der Waals surface area contributed by atoms with Gasteiger partial charge in [-0.3, -0.25) is 14.5 Å². The number of rotatable bonds is 8. The van der Waals surface area contributed by atoms with Gasteiger partial charge < -0.3 is 20.0 Å². The lowest BCUT2D eigenvalue weighted by atomic mass is 10.2. The van der Waals surface area contributed by atoms with E-state index in [1.54, 1.807) is 6.08 Å². The van der Waals surface area contributed by atoms with Gasteiger partial charge in [-0.1, -0.05) is 48.2 Å². The molecule has 0 atom stereocenters. The molecular weight excluding hydrogens is 436 g/mol. The van der Waals surface area contributed by atoms with Gasteiger partial charge in [0.1, 0.15) is 10.1 Å². The number of nitrogens with zero attached hydrogens (tertiary/aromatic N) is 1. The molecule has 0 radical (unpaired) electrons. The minimum absolute atomic E-state index is 0.0230. The van der Waals surface area contributed by atoms with Crippen molar-refractivity contribution in [2.45, 2.75) is 13.3 Å². The van der Waals surface area contributed by atoms with Crippen molar-refractivity contribution in [1.82, 2.24) is 4.90 Å². The van der Waals surface area contributed by atoms with Gasteiger partial charge in [-0.05, 0) is 48.4 Å². The lowest BCUT2D eigenvalue weighted by Crippen LogP contribution is -2.31. The van der Waals surface area contributed by atoms with Crippen molar-refractivity contribution in [2.24, 2.45) is 0 Å². The van der Waals surface area contributed by atoms with Gasteiger partial charge in [-0.25, -0.2) is 0 Å². The molecule has 2 aromatic carbocycles. The summed E-state index contributed by atoms with van der Waals surface area (Å²) in [5.74, 6) is -1.08. The van der Waals surface area contributed by atoms with Crippen LogP contribution in [0.2, 0.25) is 0 Å². The Morgan fingerprint density at radius 2 is 1.84 bits per heavy atom. The summed E-state index contributed by atoms with van der Waals surface area (Å²) in [6.07, 6.45) is 1.80. The Labute approximate surface area is 189 Å². The summed E-state index contributed by atoms with van der Waals surface area (Å²) in [5.41, 5.74) is 1.33. The largest absolute Gasteiger partial charge is 0.545 e. The highest BCUT2D eigenvalue weighted by molar-refractivity contribution is 8.26. The lowest BCUT2D eigenvalue weighted by molar-refractivity contribution is -0.255. The highest BCUT2D eigenvalue weighted by atomic mass is 32.2. The molecule has 7 nitrogen and oxygen atoms in total. The number of carboxylic acid groups (broad SMARTS) is 1. The van der Waals surface area contributed by atoms with Gasteiger partial charge in [-0.15, -0.1) is 0 Å². The van der Waals surface area contributed by atoms with Crippen LogP contribution in [0.15, 0.2) is 53.4 Å². The average Bonchev–Trinajstić information content (AvgIpc) is 3.01. The second-order valence-electron chi connectivity index (χ2n) is 6.50. The van der Waals surface area contributed by atoms with Crippen LogP contribution in [0.5, 0.6) is 5.75 Å². The standard InChI is InChI=1S/C22H20N2O5S2/c1-2-29-17-9-3-14(4-10-17)13-18-20(26)24(22(30)31-18)12-11-19(25)23-16-7-5-15(6-8-16)21(27)28/h3-10,13H,2,11-12H2,1H3,(H,23,25)(H,27,28)/p-1/b18-13+. The first kappa shape index (κ1) is 22.5. The Morgan fingerprint density at radius 3 is 2.45 bits per heavy atom. The summed E-state index contributed by atoms with van der Waals surface area (Å²) in [5, 5.41) is 13.4. The molecule has 31 heavy (non-hydrogen) atoms. The highest BCUT2D eigenvalue weighted by Gasteiger charge is 2.32. The second-order valence-corrected chi connectivity index (χ2v) is 8.17. The number of carboxylic acids is 1. The molecule has 1 fully saturated rings. The third-order valence-electron chi connectivity index (χ3n) is 4.33. The lowest BCUT2D eigenvalue weighted by Gasteiger charge is -2.14. The maximum atomic E-state index is 12.7. The van der Waals surface area contributed by atoms with Gasteiger partial charge >= 0.3 is 0 Å². The van der Waals surface area contributed by atoms with Gasteiger partial charge in [0.25, 0.3) is 5.91 Å². The summed E-state index contributed by atoms with van der Waals surface area (Å²) >= 11 is 6.50. The molecule has 3 rings (SSSR count). The van der Waals surface area contributed by atoms with Crippen molar-refractivity contribution in [3.8, 4) is 5.75 Å². The van der Waals surface area contributed by atoms with Crippen LogP contribution in [-0.4, -0.2) is 40.2 Å². The van der Waals surface area contributed by atoms with Crippen molar-refractivity contribution >= 4 is 57.8 Å². The van der Waals surface area contributed by atoms with Crippen LogP contribution >= 0.6 is 24.0 Å². The molecule has 0 aromatic heterocycles. The highest BCUT2D eigenvalue weighted by Crippen LogP contribution is 2.32.